The molecular weight excluding hydrogens is 332 g/mol. The minimum Gasteiger partial charge on any atom is -0.481 e. The van der Waals surface area contributed by atoms with Gasteiger partial charge in [0, 0.05) is 32.6 Å². The van der Waals surface area contributed by atoms with Gasteiger partial charge in [0.1, 0.15) is 0 Å². The summed E-state index contributed by atoms with van der Waals surface area (Å²) in [4.78, 5) is 40.5. The van der Waals surface area contributed by atoms with Gasteiger partial charge in [-0.1, -0.05) is 36.8 Å². The summed E-state index contributed by atoms with van der Waals surface area (Å²) >= 11 is 0. The van der Waals surface area contributed by atoms with E-state index in [1.54, 1.807) is 9.80 Å². The van der Waals surface area contributed by atoms with E-state index in [1.807, 2.05) is 30.3 Å². The van der Waals surface area contributed by atoms with Gasteiger partial charge in [-0.2, -0.15) is 0 Å². The predicted octanol–water partition coefficient (Wildman–Crippen LogP) is 1.75. The zero-order valence-electron chi connectivity index (χ0n) is 14.8. The van der Waals surface area contributed by atoms with E-state index < -0.39 is 11.4 Å². The summed E-state index contributed by atoms with van der Waals surface area (Å²) in [6.45, 7) is 1.77. The molecule has 2 aliphatic heterocycles. The van der Waals surface area contributed by atoms with E-state index >= 15 is 0 Å². The van der Waals surface area contributed by atoms with Gasteiger partial charge in [-0.25, -0.2) is 0 Å². The molecule has 0 spiro atoms. The lowest BCUT2D eigenvalue weighted by atomic mass is 9.81. The number of rotatable bonds is 4. The Morgan fingerprint density at radius 1 is 1.19 bits per heavy atom. The lowest BCUT2D eigenvalue weighted by Gasteiger charge is -2.24. The van der Waals surface area contributed by atoms with Crippen LogP contribution in [0.5, 0.6) is 0 Å². The fourth-order valence-corrected chi connectivity index (χ4v) is 4.96. The van der Waals surface area contributed by atoms with Crippen LogP contribution in [0.25, 0.3) is 0 Å². The quantitative estimate of drug-likeness (QED) is 0.891. The number of carbonyl (C=O) groups is 3. The van der Waals surface area contributed by atoms with Crippen molar-refractivity contribution in [2.45, 2.75) is 32.2 Å². The summed E-state index contributed by atoms with van der Waals surface area (Å²) in [5.74, 6) is -1.12. The maximum atomic E-state index is 12.9. The molecule has 2 amide bonds. The normalized spacial score (nSPS) is 30.7. The van der Waals surface area contributed by atoms with Crippen LogP contribution < -0.4 is 0 Å². The third kappa shape index (κ3) is 2.77. The maximum Gasteiger partial charge on any atom is 0.311 e. The first-order valence-electron chi connectivity index (χ1n) is 9.33. The Kier molecular flexibility index (Phi) is 4.21. The number of carbonyl (C=O) groups excluding carboxylic acids is 2. The molecule has 0 aromatic heterocycles. The summed E-state index contributed by atoms with van der Waals surface area (Å²) in [7, 11) is 0. The third-order valence-electron chi connectivity index (χ3n) is 6.39. The molecule has 4 rings (SSSR count). The lowest BCUT2D eigenvalue weighted by Crippen LogP contribution is -2.40. The Bertz CT molecular complexity index is 735. The smallest absolute Gasteiger partial charge is 0.311 e. The minimum absolute atomic E-state index is 0.000424. The molecule has 1 saturated carbocycles. The largest absolute Gasteiger partial charge is 0.481 e. The molecule has 1 aromatic rings. The van der Waals surface area contributed by atoms with Gasteiger partial charge in [-0.3, -0.25) is 14.4 Å². The van der Waals surface area contributed by atoms with Crippen LogP contribution in [0.4, 0.5) is 0 Å². The molecule has 2 heterocycles. The Morgan fingerprint density at radius 3 is 2.65 bits per heavy atom. The van der Waals surface area contributed by atoms with E-state index in [9.17, 15) is 19.5 Å². The molecule has 6 nitrogen and oxygen atoms in total. The number of carboxylic acids is 1. The fraction of sp³-hybridized carbons (Fsp3) is 0.550. The first-order valence-corrected chi connectivity index (χ1v) is 9.33. The summed E-state index contributed by atoms with van der Waals surface area (Å²) < 4.78 is 0. The van der Waals surface area contributed by atoms with Gasteiger partial charge < -0.3 is 14.9 Å². The molecule has 0 bridgehead atoms. The number of nitrogens with zero attached hydrogens (tertiary/aromatic N) is 2. The van der Waals surface area contributed by atoms with E-state index in [4.69, 9.17) is 0 Å². The van der Waals surface area contributed by atoms with E-state index in [-0.39, 0.29) is 30.1 Å². The zero-order chi connectivity index (χ0) is 18.3. The van der Waals surface area contributed by atoms with Crippen molar-refractivity contribution >= 4 is 17.8 Å². The zero-order valence-corrected chi connectivity index (χ0v) is 14.8. The predicted molar refractivity (Wildman–Crippen MR) is 94.0 cm³/mol. The number of fused-ring (bicyclic) bond motifs is 1. The average molecular weight is 356 g/mol. The molecule has 3 aliphatic rings. The van der Waals surface area contributed by atoms with Gasteiger partial charge in [0.15, 0.2) is 0 Å². The van der Waals surface area contributed by atoms with Crippen molar-refractivity contribution in [3.63, 3.8) is 0 Å². The van der Waals surface area contributed by atoms with E-state index in [2.05, 4.69) is 0 Å². The molecule has 2 saturated heterocycles. The van der Waals surface area contributed by atoms with E-state index in [1.165, 1.54) is 0 Å². The van der Waals surface area contributed by atoms with Crippen molar-refractivity contribution in [2.75, 3.05) is 19.6 Å². The molecule has 0 radical (unpaired) electrons. The summed E-state index contributed by atoms with van der Waals surface area (Å²) in [6.07, 6.45) is 2.68. The van der Waals surface area contributed by atoms with Crippen LogP contribution in [-0.2, 0) is 20.9 Å². The monoisotopic (exact) mass is 356 g/mol. The SMILES string of the molecule is O=C1CC(C(=O)N2C[C@@H]3CCC[C@@]3(C(=O)O)C2)CN1Cc1ccccc1. The molecule has 3 fully saturated rings. The first-order chi connectivity index (χ1) is 12.5. The second kappa shape index (κ2) is 6.41. The molecule has 1 N–H and O–H groups in total. The molecule has 3 atom stereocenters. The molecule has 6 heteroatoms. The Balaban J connectivity index is 1.42. The average Bonchev–Trinajstić information content (AvgIpc) is 3.28. The molecule has 138 valence electrons. The maximum absolute atomic E-state index is 12.9. The number of hydrogen-bond acceptors (Lipinski definition) is 3. The van der Waals surface area contributed by atoms with Crippen LogP contribution >= 0.6 is 0 Å². The topological polar surface area (TPSA) is 77.9 Å². The van der Waals surface area contributed by atoms with Crippen molar-refractivity contribution in [3.05, 3.63) is 35.9 Å². The molecule has 1 unspecified atom stereocenters. The van der Waals surface area contributed by atoms with Crippen LogP contribution in [0, 0.1) is 17.3 Å². The highest BCUT2D eigenvalue weighted by Crippen LogP contribution is 2.49. The summed E-state index contributed by atoms with van der Waals surface area (Å²) in [5.41, 5.74) is 0.289. The van der Waals surface area contributed by atoms with Crippen molar-refractivity contribution in [1.29, 1.82) is 0 Å². The molecule has 26 heavy (non-hydrogen) atoms. The number of aliphatic carboxylic acids is 1. The van der Waals surface area contributed by atoms with Crippen molar-refractivity contribution in [1.82, 2.24) is 9.80 Å². The first kappa shape index (κ1) is 17.1. The van der Waals surface area contributed by atoms with Gasteiger partial charge in [-0.05, 0) is 24.3 Å². The third-order valence-corrected chi connectivity index (χ3v) is 6.39. The fourth-order valence-electron chi connectivity index (χ4n) is 4.96. The highest BCUT2D eigenvalue weighted by atomic mass is 16.4. The van der Waals surface area contributed by atoms with Gasteiger partial charge in [0.05, 0.1) is 11.3 Å². The Labute approximate surface area is 152 Å². The number of likely N-dealkylation sites (tertiary alicyclic amines) is 2. The van der Waals surface area contributed by atoms with Crippen LogP contribution in [0.3, 0.4) is 0 Å². The van der Waals surface area contributed by atoms with Crippen LogP contribution in [0.15, 0.2) is 30.3 Å². The van der Waals surface area contributed by atoms with Crippen molar-refractivity contribution in [3.8, 4) is 0 Å². The second-order valence-corrected chi connectivity index (χ2v) is 7.93. The molecule has 1 aromatic carbocycles. The van der Waals surface area contributed by atoms with Crippen molar-refractivity contribution in [2.24, 2.45) is 17.3 Å². The number of amides is 2. The van der Waals surface area contributed by atoms with Gasteiger partial charge >= 0.3 is 5.97 Å². The Hall–Kier alpha value is -2.37. The summed E-state index contributed by atoms with van der Waals surface area (Å²) in [5, 5.41) is 9.69. The van der Waals surface area contributed by atoms with Crippen LogP contribution in [-0.4, -0.2) is 52.3 Å². The number of hydrogen-bond donors (Lipinski definition) is 1. The highest BCUT2D eigenvalue weighted by molar-refractivity contribution is 5.90. The summed E-state index contributed by atoms with van der Waals surface area (Å²) in [6, 6.07) is 9.76. The van der Waals surface area contributed by atoms with Gasteiger partial charge in [0.25, 0.3) is 0 Å². The molecule has 1 aliphatic carbocycles. The number of carboxylic acid groups (broad SMARTS) is 1. The van der Waals surface area contributed by atoms with Gasteiger partial charge in [-0.15, -0.1) is 0 Å². The highest BCUT2D eigenvalue weighted by Gasteiger charge is 2.56. The van der Waals surface area contributed by atoms with E-state index in [0.29, 0.717) is 32.6 Å². The minimum atomic E-state index is -0.775. The van der Waals surface area contributed by atoms with Crippen molar-refractivity contribution < 1.29 is 19.5 Å². The van der Waals surface area contributed by atoms with Crippen LogP contribution in [0.1, 0.15) is 31.2 Å². The number of benzene rings is 1. The van der Waals surface area contributed by atoms with Crippen LogP contribution in [0.2, 0.25) is 0 Å². The lowest BCUT2D eigenvalue weighted by molar-refractivity contribution is -0.149. The van der Waals surface area contributed by atoms with Gasteiger partial charge in [0.2, 0.25) is 11.8 Å². The standard InChI is InChI=1S/C20H24N2O4/c23-17-9-15(11-21(17)10-14-5-2-1-3-6-14)18(24)22-12-16-7-4-8-20(16,13-22)19(25)26/h1-3,5-6,15-16H,4,7-13H2,(H,25,26)/t15?,16-,20+/m0/s1. The molecular formula is C20H24N2O4. The Morgan fingerprint density at radius 2 is 1.96 bits per heavy atom. The van der Waals surface area contributed by atoms with E-state index in [0.717, 1.165) is 18.4 Å². The second-order valence-electron chi connectivity index (χ2n) is 7.93.